The maximum atomic E-state index is 11.1. The fourth-order valence-corrected chi connectivity index (χ4v) is 6.39. The standard InChI is InChI=1S/C17H26N2O3S2/c1-10(20)19-14(15(21)22)8-24-16(23)18-9-17-5-11-2-12(6-17)4-13(3-11)7-17/h11-14H,2-9H2,1H3,(H,18,23)(H,19,20)(H,21,22)/t11?,12?,13?,14-,17?/m0/s1. The van der Waals surface area contributed by atoms with Crippen LogP contribution < -0.4 is 10.6 Å². The number of rotatable bonds is 6. The van der Waals surface area contributed by atoms with Crippen molar-refractivity contribution in [2.75, 3.05) is 12.3 Å². The number of carboxylic acid groups (broad SMARTS) is 1. The van der Waals surface area contributed by atoms with Crippen LogP contribution >= 0.6 is 24.0 Å². The molecule has 0 heterocycles. The van der Waals surface area contributed by atoms with Gasteiger partial charge in [-0.2, -0.15) is 0 Å². The van der Waals surface area contributed by atoms with Crippen LogP contribution in [-0.2, 0) is 9.59 Å². The fraction of sp³-hybridized carbons (Fsp3) is 0.824. The van der Waals surface area contributed by atoms with Gasteiger partial charge in [0.2, 0.25) is 5.91 Å². The quantitative estimate of drug-likeness (QED) is 0.623. The van der Waals surface area contributed by atoms with Gasteiger partial charge in [-0.25, -0.2) is 4.79 Å². The molecule has 1 amide bonds. The van der Waals surface area contributed by atoms with Crippen molar-refractivity contribution in [2.45, 2.75) is 51.5 Å². The number of carbonyl (C=O) groups is 2. The molecule has 0 aromatic rings. The van der Waals surface area contributed by atoms with Crippen molar-refractivity contribution in [3.8, 4) is 0 Å². The normalized spacial score (nSPS) is 34.6. The van der Waals surface area contributed by atoms with Crippen molar-refractivity contribution < 1.29 is 14.7 Å². The Kier molecular flexibility index (Phi) is 5.39. The molecule has 0 saturated heterocycles. The van der Waals surface area contributed by atoms with Crippen molar-refractivity contribution in [1.82, 2.24) is 10.6 Å². The minimum Gasteiger partial charge on any atom is -0.480 e. The SMILES string of the molecule is CC(=O)N[C@@H](CSC(=S)NCC12CC3CC(CC(C3)C1)C2)C(=O)O. The summed E-state index contributed by atoms with van der Waals surface area (Å²) in [7, 11) is 0. The molecule has 5 nitrogen and oxygen atoms in total. The van der Waals surface area contributed by atoms with Crippen LogP contribution in [0.25, 0.3) is 0 Å². The maximum absolute atomic E-state index is 11.1. The van der Waals surface area contributed by atoms with Gasteiger partial charge in [0.1, 0.15) is 10.4 Å². The van der Waals surface area contributed by atoms with Gasteiger partial charge in [-0.15, -0.1) is 0 Å². The van der Waals surface area contributed by atoms with E-state index in [1.807, 2.05) is 0 Å². The summed E-state index contributed by atoms with van der Waals surface area (Å²) in [5, 5.41) is 14.9. The molecule has 1 atom stereocenters. The molecule has 0 aliphatic heterocycles. The van der Waals surface area contributed by atoms with Crippen molar-refractivity contribution in [2.24, 2.45) is 23.2 Å². The second-order valence-electron chi connectivity index (χ2n) is 7.96. The highest BCUT2D eigenvalue weighted by Gasteiger charge is 2.50. The number of carbonyl (C=O) groups excluding carboxylic acids is 1. The third-order valence-corrected chi connectivity index (χ3v) is 7.23. The first kappa shape index (κ1) is 18.0. The van der Waals surface area contributed by atoms with E-state index in [0.717, 1.165) is 24.3 Å². The van der Waals surface area contributed by atoms with Gasteiger partial charge in [-0.3, -0.25) is 4.79 Å². The van der Waals surface area contributed by atoms with E-state index >= 15 is 0 Å². The van der Waals surface area contributed by atoms with Gasteiger partial charge in [-0.05, 0) is 61.7 Å². The summed E-state index contributed by atoms with van der Waals surface area (Å²) >= 11 is 6.68. The Labute approximate surface area is 152 Å². The average Bonchev–Trinajstić information content (AvgIpc) is 2.47. The highest BCUT2D eigenvalue weighted by Crippen LogP contribution is 2.59. The maximum Gasteiger partial charge on any atom is 0.327 e. The van der Waals surface area contributed by atoms with Crippen LogP contribution in [0.3, 0.4) is 0 Å². The molecule has 4 aliphatic carbocycles. The summed E-state index contributed by atoms with van der Waals surface area (Å²) in [4.78, 5) is 22.2. The second-order valence-corrected chi connectivity index (χ2v) is 9.66. The Morgan fingerprint density at radius 1 is 1.21 bits per heavy atom. The summed E-state index contributed by atoms with van der Waals surface area (Å²) in [5.74, 6) is 1.63. The smallest absolute Gasteiger partial charge is 0.327 e. The van der Waals surface area contributed by atoms with E-state index in [2.05, 4.69) is 10.6 Å². The number of carboxylic acids is 1. The first-order chi connectivity index (χ1) is 11.3. The molecule has 0 aromatic carbocycles. The van der Waals surface area contributed by atoms with Crippen LogP contribution in [0.15, 0.2) is 0 Å². The van der Waals surface area contributed by atoms with Crippen LogP contribution in [0.4, 0.5) is 0 Å². The monoisotopic (exact) mass is 370 g/mol. The van der Waals surface area contributed by atoms with Gasteiger partial charge in [-0.1, -0.05) is 24.0 Å². The number of nitrogens with one attached hydrogen (secondary N) is 2. The number of amides is 1. The molecule has 4 fully saturated rings. The summed E-state index contributed by atoms with van der Waals surface area (Å²) in [6.07, 6.45) is 8.25. The van der Waals surface area contributed by atoms with E-state index in [0.29, 0.717) is 9.74 Å². The van der Waals surface area contributed by atoms with Gasteiger partial charge in [0.05, 0.1) is 0 Å². The lowest BCUT2D eigenvalue weighted by molar-refractivity contribution is -0.140. The van der Waals surface area contributed by atoms with Crippen LogP contribution in [0.5, 0.6) is 0 Å². The predicted octanol–water partition coefficient (Wildman–Crippen LogP) is 2.40. The predicted molar refractivity (Wildman–Crippen MR) is 98.9 cm³/mol. The Bertz CT molecular complexity index is 503. The first-order valence-electron chi connectivity index (χ1n) is 8.76. The minimum atomic E-state index is -1.03. The van der Waals surface area contributed by atoms with Crippen molar-refractivity contribution >= 4 is 40.2 Å². The van der Waals surface area contributed by atoms with Gasteiger partial charge < -0.3 is 15.7 Å². The van der Waals surface area contributed by atoms with Crippen molar-refractivity contribution in [1.29, 1.82) is 0 Å². The third kappa shape index (κ3) is 4.23. The molecule has 4 aliphatic rings. The van der Waals surface area contributed by atoms with Gasteiger partial charge in [0.25, 0.3) is 0 Å². The van der Waals surface area contributed by atoms with E-state index in [4.69, 9.17) is 17.3 Å². The van der Waals surface area contributed by atoms with E-state index in [-0.39, 0.29) is 11.7 Å². The van der Waals surface area contributed by atoms with Crippen LogP contribution in [0.1, 0.15) is 45.4 Å². The Morgan fingerprint density at radius 2 is 1.75 bits per heavy atom. The second kappa shape index (κ2) is 7.20. The highest BCUT2D eigenvalue weighted by molar-refractivity contribution is 8.23. The molecule has 3 N–H and O–H groups in total. The van der Waals surface area contributed by atoms with Crippen LogP contribution in [-0.4, -0.2) is 39.6 Å². The molecule has 134 valence electrons. The molecule has 0 unspecified atom stereocenters. The molecular weight excluding hydrogens is 344 g/mol. The minimum absolute atomic E-state index is 0.252. The lowest BCUT2D eigenvalue weighted by atomic mass is 9.49. The van der Waals surface area contributed by atoms with Gasteiger partial charge >= 0.3 is 5.97 Å². The zero-order valence-corrected chi connectivity index (χ0v) is 15.7. The van der Waals surface area contributed by atoms with Gasteiger partial charge in [0, 0.05) is 19.2 Å². The number of thioether (sulfide) groups is 1. The highest BCUT2D eigenvalue weighted by atomic mass is 32.2. The lowest BCUT2D eigenvalue weighted by Gasteiger charge is -2.57. The number of thiocarbonyl (C=S) groups is 1. The van der Waals surface area contributed by atoms with E-state index in [1.54, 1.807) is 0 Å². The summed E-state index contributed by atoms with van der Waals surface area (Å²) in [6, 6.07) is -0.896. The zero-order chi connectivity index (χ0) is 17.3. The molecule has 0 aromatic heterocycles. The fourth-order valence-electron chi connectivity index (χ4n) is 5.40. The Hall–Kier alpha value is -0.820. The number of hydrogen-bond acceptors (Lipinski definition) is 4. The largest absolute Gasteiger partial charge is 0.480 e. The number of aliphatic carboxylic acids is 1. The Morgan fingerprint density at radius 3 is 2.21 bits per heavy atom. The molecule has 7 heteroatoms. The third-order valence-electron chi connectivity index (χ3n) is 5.83. The van der Waals surface area contributed by atoms with Crippen molar-refractivity contribution in [3.63, 3.8) is 0 Å². The van der Waals surface area contributed by atoms with Gasteiger partial charge in [0.15, 0.2) is 0 Å². The van der Waals surface area contributed by atoms with Crippen LogP contribution in [0.2, 0.25) is 0 Å². The lowest BCUT2D eigenvalue weighted by Crippen LogP contribution is -2.51. The van der Waals surface area contributed by atoms with E-state index in [1.165, 1.54) is 57.2 Å². The zero-order valence-electron chi connectivity index (χ0n) is 14.0. The molecule has 4 rings (SSSR count). The summed E-state index contributed by atoms with van der Waals surface area (Å²) in [6.45, 7) is 2.24. The number of hydrogen-bond donors (Lipinski definition) is 3. The van der Waals surface area contributed by atoms with Crippen LogP contribution in [0, 0.1) is 23.2 Å². The molecule has 0 spiro atoms. The van der Waals surface area contributed by atoms with E-state index in [9.17, 15) is 9.59 Å². The topological polar surface area (TPSA) is 78.4 Å². The Balaban J connectivity index is 1.46. The average molecular weight is 371 g/mol. The van der Waals surface area contributed by atoms with E-state index < -0.39 is 12.0 Å². The summed E-state index contributed by atoms with van der Waals surface area (Å²) in [5.41, 5.74) is 0.406. The molecule has 0 radical (unpaired) electrons. The first-order valence-corrected chi connectivity index (χ1v) is 10.2. The van der Waals surface area contributed by atoms with Crippen molar-refractivity contribution in [3.05, 3.63) is 0 Å². The molecule has 4 saturated carbocycles. The summed E-state index contributed by atoms with van der Waals surface area (Å²) < 4.78 is 0.641. The molecule has 24 heavy (non-hydrogen) atoms. The molecule has 4 bridgehead atoms. The molecular formula is C17H26N2O3S2.